The van der Waals surface area contributed by atoms with Gasteiger partial charge in [0.15, 0.2) is 0 Å². The highest BCUT2D eigenvalue weighted by Gasteiger charge is 2.28. The van der Waals surface area contributed by atoms with Crippen LogP contribution in [0, 0.1) is 5.82 Å². The second-order valence-electron chi connectivity index (χ2n) is 5.29. The molecule has 0 aliphatic carbocycles. The van der Waals surface area contributed by atoms with E-state index in [0.717, 1.165) is 4.47 Å². The van der Waals surface area contributed by atoms with Crippen LogP contribution in [-0.4, -0.2) is 19.9 Å². The largest absolute Gasteiger partial charge is 0.419 e. The highest BCUT2D eigenvalue weighted by Crippen LogP contribution is 2.32. The van der Waals surface area contributed by atoms with E-state index < -0.39 is 15.7 Å². The first-order chi connectivity index (χ1) is 12.4. The molecule has 0 radical (unpaired) electrons. The number of hydrogen-bond donors (Lipinski definition) is 1. The standard InChI is InChI=1S/C18H14BrFN2O3S/c1-2-11-21-17-18(26(23,24)15-9-5-13(19)6-10-15)22-16(25-17)12-3-7-14(20)8-4-12/h2-10,21H,1,11H2. The van der Waals surface area contributed by atoms with Gasteiger partial charge in [-0.2, -0.15) is 4.98 Å². The first-order valence-corrected chi connectivity index (χ1v) is 9.81. The first kappa shape index (κ1) is 18.3. The maximum absolute atomic E-state index is 13.1. The molecule has 0 unspecified atom stereocenters. The summed E-state index contributed by atoms with van der Waals surface area (Å²) in [6.45, 7) is 3.88. The van der Waals surface area contributed by atoms with Crippen LogP contribution in [0.3, 0.4) is 0 Å². The molecule has 3 aromatic rings. The second-order valence-corrected chi connectivity index (χ2v) is 8.07. The van der Waals surface area contributed by atoms with E-state index in [-0.39, 0.29) is 21.7 Å². The molecule has 1 aromatic heterocycles. The number of nitrogens with one attached hydrogen (secondary N) is 1. The number of oxazole rings is 1. The molecule has 134 valence electrons. The average molecular weight is 437 g/mol. The predicted molar refractivity (Wildman–Crippen MR) is 100 cm³/mol. The summed E-state index contributed by atoms with van der Waals surface area (Å²) in [7, 11) is -3.91. The van der Waals surface area contributed by atoms with Crippen LogP contribution in [0.5, 0.6) is 0 Å². The normalized spacial score (nSPS) is 11.3. The Balaban J connectivity index is 2.10. The molecule has 0 aliphatic heterocycles. The summed E-state index contributed by atoms with van der Waals surface area (Å²) < 4.78 is 45.4. The molecule has 0 aliphatic rings. The van der Waals surface area contributed by atoms with Crippen molar-refractivity contribution < 1.29 is 17.2 Å². The number of anilines is 1. The topological polar surface area (TPSA) is 72.2 Å². The van der Waals surface area contributed by atoms with Crippen molar-refractivity contribution >= 4 is 31.7 Å². The first-order valence-electron chi connectivity index (χ1n) is 7.54. The molecule has 2 aromatic carbocycles. The summed E-state index contributed by atoms with van der Waals surface area (Å²) in [5.41, 5.74) is 0.463. The van der Waals surface area contributed by atoms with Gasteiger partial charge in [0.2, 0.25) is 26.6 Å². The number of nitrogens with zero attached hydrogens (tertiary/aromatic N) is 1. The van der Waals surface area contributed by atoms with E-state index in [0.29, 0.717) is 12.1 Å². The minimum atomic E-state index is -3.91. The summed E-state index contributed by atoms with van der Waals surface area (Å²) in [4.78, 5) is 4.23. The van der Waals surface area contributed by atoms with Crippen LogP contribution in [0.2, 0.25) is 0 Å². The van der Waals surface area contributed by atoms with Crippen LogP contribution < -0.4 is 5.32 Å². The van der Waals surface area contributed by atoms with E-state index >= 15 is 0 Å². The third kappa shape index (κ3) is 3.71. The molecule has 0 saturated heterocycles. The molecular formula is C18H14BrFN2O3S. The van der Waals surface area contributed by atoms with Gasteiger partial charge in [-0.1, -0.05) is 22.0 Å². The minimum absolute atomic E-state index is 0.00661. The maximum atomic E-state index is 13.1. The van der Waals surface area contributed by atoms with Crippen molar-refractivity contribution in [3.63, 3.8) is 0 Å². The molecule has 1 heterocycles. The van der Waals surface area contributed by atoms with Crippen LogP contribution >= 0.6 is 15.9 Å². The number of rotatable bonds is 6. The minimum Gasteiger partial charge on any atom is -0.419 e. The van der Waals surface area contributed by atoms with Crippen molar-refractivity contribution in [3.05, 3.63) is 71.5 Å². The summed E-state index contributed by atoms with van der Waals surface area (Å²) >= 11 is 3.27. The smallest absolute Gasteiger partial charge is 0.234 e. The van der Waals surface area contributed by atoms with Crippen LogP contribution in [-0.2, 0) is 9.84 Å². The molecule has 1 N–H and O–H groups in total. The molecule has 0 atom stereocenters. The Hall–Kier alpha value is -2.45. The van der Waals surface area contributed by atoms with E-state index in [1.54, 1.807) is 18.2 Å². The highest BCUT2D eigenvalue weighted by atomic mass is 79.9. The van der Waals surface area contributed by atoms with Gasteiger partial charge in [0.05, 0.1) is 4.90 Å². The Morgan fingerprint density at radius 2 is 1.81 bits per heavy atom. The summed E-state index contributed by atoms with van der Waals surface area (Å²) in [6, 6.07) is 11.6. The number of halogens is 2. The molecule has 26 heavy (non-hydrogen) atoms. The fourth-order valence-electron chi connectivity index (χ4n) is 2.21. The lowest BCUT2D eigenvalue weighted by molar-refractivity contribution is 0.578. The van der Waals surface area contributed by atoms with Crippen molar-refractivity contribution in [2.24, 2.45) is 0 Å². The van der Waals surface area contributed by atoms with Crippen LogP contribution in [0.15, 0.2) is 80.0 Å². The second kappa shape index (κ2) is 7.43. The lowest BCUT2D eigenvalue weighted by Gasteiger charge is -2.04. The maximum Gasteiger partial charge on any atom is 0.234 e. The molecule has 0 bridgehead atoms. The van der Waals surface area contributed by atoms with E-state index in [9.17, 15) is 12.8 Å². The van der Waals surface area contributed by atoms with Gasteiger partial charge in [0.1, 0.15) is 5.82 Å². The van der Waals surface area contributed by atoms with Gasteiger partial charge in [-0.05, 0) is 48.5 Å². The van der Waals surface area contributed by atoms with E-state index in [2.05, 4.69) is 32.8 Å². The van der Waals surface area contributed by atoms with Crippen molar-refractivity contribution in [2.45, 2.75) is 9.92 Å². The van der Waals surface area contributed by atoms with Crippen molar-refractivity contribution in [2.75, 3.05) is 11.9 Å². The number of sulfone groups is 1. The fraction of sp³-hybridized carbons (Fsp3) is 0.0556. The number of aromatic nitrogens is 1. The molecular weight excluding hydrogens is 423 g/mol. The fourth-order valence-corrected chi connectivity index (χ4v) is 3.75. The Bertz CT molecular complexity index is 1030. The van der Waals surface area contributed by atoms with E-state index in [4.69, 9.17) is 4.42 Å². The van der Waals surface area contributed by atoms with Gasteiger partial charge in [-0.25, -0.2) is 12.8 Å². The Kier molecular flexibility index (Phi) is 5.24. The van der Waals surface area contributed by atoms with Gasteiger partial charge in [0, 0.05) is 16.6 Å². The lowest BCUT2D eigenvalue weighted by atomic mass is 10.2. The summed E-state index contributed by atoms with van der Waals surface area (Å²) in [5, 5.41) is 2.61. The molecule has 0 fully saturated rings. The zero-order valence-corrected chi connectivity index (χ0v) is 15.8. The number of benzene rings is 2. The lowest BCUT2D eigenvalue weighted by Crippen LogP contribution is -2.07. The zero-order chi connectivity index (χ0) is 18.7. The van der Waals surface area contributed by atoms with Crippen LogP contribution in [0.1, 0.15) is 0 Å². The highest BCUT2D eigenvalue weighted by molar-refractivity contribution is 9.10. The third-order valence-corrected chi connectivity index (χ3v) is 5.68. The zero-order valence-electron chi connectivity index (χ0n) is 13.4. The molecule has 5 nitrogen and oxygen atoms in total. The van der Waals surface area contributed by atoms with Crippen molar-refractivity contribution in [1.82, 2.24) is 4.98 Å². The molecule has 8 heteroatoms. The summed E-state index contributed by atoms with van der Waals surface area (Å²) in [6.07, 6.45) is 1.57. The summed E-state index contributed by atoms with van der Waals surface area (Å²) in [5.74, 6) is -0.326. The molecule has 0 amide bonds. The molecule has 0 saturated carbocycles. The number of hydrogen-bond acceptors (Lipinski definition) is 5. The SMILES string of the molecule is C=CCNc1oc(-c2ccc(F)cc2)nc1S(=O)(=O)c1ccc(Br)cc1. The van der Waals surface area contributed by atoms with E-state index in [1.165, 1.54) is 36.4 Å². The van der Waals surface area contributed by atoms with Gasteiger partial charge in [0.25, 0.3) is 0 Å². The molecule has 0 spiro atoms. The van der Waals surface area contributed by atoms with Gasteiger partial charge in [-0.3, -0.25) is 0 Å². The monoisotopic (exact) mass is 436 g/mol. The Morgan fingerprint density at radius 1 is 1.15 bits per heavy atom. The van der Waals surface area contributed by atoms with Gasteiger partial charge >= 0.3 is 0 Å². The Morgan fingerprint density at radius 3 is 2.42 bits per heavy atom. The van der Waals surface area contributed by atoms with E-state index in [1.807, 2.05) is 0 Å². The predicted octanol–water partition coefficient (Wildman–Crippen LogP) is 4.67. The molecule has 3 rings (SSSR count). The van der Waals surface area contributed by atoms with Crippen LogP contribution in [0.25, 0.3) is 11.5 Å². The average Bonchev–Trinajstić information content (AvgIpc) is 3.06. The third-order valence-electron chi connectivity index (χ3n) is 3.47. The van der Waals surface area contributed by atoms with Crippen molar-refractivity contribution in [1.29, 1.82) is 0 Å². The van der Waals surface area contributed by atoms with Gasteiger partial charge < -0.3 is 9.73 Å². The van der Waals surface area contributed by atoms with Crippen LogP contribution in [0.4, 0.5) is 10.3 Å². The van der Waals surface area contributed by atoms with Crippen molar-refractivity contribution in [3.8, 4) is 11.5 Å². The Labute approximate surface area is 158 Å². The quantitative estimate of drug-likeness (QED) is 0.568. The van der Waals surface area contributed by atoms with Gasteiger partial charge in [-0.15, -0.1) is 6.58 Å².